The van der Waals surface area contributed by atoms with Crippen molar-refractivity contribution in [1.82, 2.24) is 5.32 Å². The van der Waals surface area contributed by atoms with E-state index < -0.39 is 0 Å². The lowest BCUT2D eigenvalue weighted by atomic mass is 10.0. The molecule has 0 amide bonds. The fraction of sp³-hybridized carbons (Fsp3) is 0.500. The average Bonchev–Trinajstić information content (AvgIpc) is 2.28. The van der Waals surface area contributed by atoms with Gasteiger partial charge in [0, 0.05) is 12.1 Å². The second-order valence-corrected chi connectivity index (χ2v) is 4.27. The minimum atomic E-state index is 0.292. The van der Waals surface area contributed by atoms with Crippen molar-refractivity contribution in [3.05, 3.63) is 35.4 Å². The maximum Gasteiger partial charge on any atom is 0.0638 e. The molecule has 0 aromatic heterocycles. The van der Waals surface area contributed by atoms with Gasteiger partial charge >= 0.3 is 0 Å². The molecule has 2 heteroatoms. The van der Waals surface area contributed by atoms with E-state index in [2.05, 4.69) is 56.4 Å². The average molecular weight is 216 g/mol. The molecule has 1 rings (SSSR count). The summed E-state index contributed by atoms with van der Waals surface area (Å²) in [5.74, 6) is 0. The topological polar surface area (TPSA) is 35.8 Å². The van der Waals surface area contributed by atoms with Gasteiger partial charge in [0.1, 0.15) is 0 Å². The highest BCUT2D eigenvalue weighted by Gasteiger charge is 2.11. The maximum absolute atomic E-state index is 8.71. The van der Waals surface area contributed by atoms with Gasteiger partial charge in [0.25, 0.3) is 0 Å². The van der Waals surface area contributed by atoms with Crippen LogP contribution in [0.2, 0.25) is 0 Å². The Morgan fingerprint density at radius 3 is 2.75 bits per heavy atom. The van der Waals surface area contributed by atoms with Gasteiger partial charge in [-0.2, -0.15) is 5.26 Å². The molecule has 1 unspecified atom stereocenters. The predicted octanol–water partition coefficient (Wildman–Crippen LogP) is 3.34. The number of nitrogens with one attached hydrogen (secondary N) is 1. The minimum Gasteiger partial charge on any atom is -0.306 e. The Bertz CT molecular complexity index is 365. The van der Waals surface area contributed by atoms with Crippen LogP contribution in [0.15, 0.2) is 24.3 Å². The van der Waals surface area contributed by atoms with E-state index in [9.17, 15) is 0 Å². The van der Waals surface area contributed by atoms with Gasteiger partial charge in [-0.25, -0.2) is 0 Å². The Hall–Kier alpha value is -1.33. The molecule has 1 N–H and O–H groups in total. The molecule has 0 aliphatic rings. The van der Waals surface area contributed by atoms with Gasteiger partial charge in [0.15, 0.2) is 0 Å². The zero-order valence-corrected chi connectivity index (χ0v) is 10.3. The molecule has 86 valence electrons. The molecule has 0 spiro atoms. The van der Waals surface area contributed by atoms with Crippen LogP contribution in [-0.4, -0.2) is 6.04 Å². The van der Waals surface area contributed by atoms with E-state index in [0.29, 0.717) is 18.5 Å². The van der Waals surface area contributed by atoms with Crippen molar-refractivity contribution in [3.63, 3.8) is 0 Å². The number of nitriles is 1. The van der Waals surface area contributed by atoms with Crippen LogP contribution in [0.25, 0.3) is 0 Å². The fourth-order valence-electron chi connectivity index (χ4n) is 1.82. The second kappa shape index (κ2) is 6.30. The van der Waals surface area contributed by atoms with E-state index in [1.165, 1.54) is 11.1 Å². The number of hydrogen-bond donors (Lipinski definition) is 1. The van der Waals surface area contributed by atoms with Crippen LogP contribution in [0, 0.1) is 18.3 Å². The van der Waals surface area contributed by atoms with Crippen LogP contribution in [0.3, 0.4) is 0 Å². The lowest BCUT2D eigenvalue weighted by molar-refractivity contribution is 0.448. The Morgan fingerprint density at radius 1 is 1.44 bits per heavy atom. The molecule has 0 saturated heterocycles. The number of nitrogens with zero attached hydrogens (tertiary/aromatic N) is 1. The smallest absolute Gasteiger partial charge is 0.0638 e. The van der Waals surface area contributed by atoms with E-state index in [0.717, 1.165) is 6.42 Å². The van der Waals surface area contributed by atoms with Crippen LogP contribution >= 0.6 is 0 Å². The first-order valence-electron chi connectivity index (χ1n) is 5.87. The molecular weight excluding hydrogens is 196 g/mol. The maximum atomic E-state index is 8.71. The fourth-order valence-corrected chi connectivity index (χ4v) is 1.82. The zero-order valence-electron chi connectivity index (χ0n) is 10.3. The number of benzene rings is 1. The molecule has 2 nitrogen and oxygen atoms in total. The van der Waals surface area contributed by atoms with Crippen molar-refractivity contribution in [1.29, 1.82) is 5.26 Å². The van der Waals surface area contributed by atoms with Crippen molar-refractivity contribution >= 4 is 0 Å². The summed E-state index contributed by atoms with van der Waals surface area (Å²) in [6.45, 7) is 6.36. The highest BCUT2D eigenvalue weighted by Crippen LogP contribution is 2.15. The lowest BCUT2D eigenvalue weighted by Crippen LogP contribution is -2.30. The van der Waals surface area contributed by atoms with E-state index in [4.69, 9.17) is 5.26 Å². The van der Waals surface area contributed by atoms with Crippen LogP contribution in [0.1, 0.15) is 43.9 Å². The minimum absolute atomic E-state index is 0.292. The lowest BCUT2D eigenvalue weighted by Gasteiger charge is -2.20. The number of hydrogen-bond acceptors (Lipinski definition) is 2. The van der Waals surface area contributed by atoms with Crippen molar-refractivity contribution in [2.45, 2.75) is 45.7 Å². The summed E-state index contributed by atoms with van der Waals surface area (Å²) in [7, 11) is 0. The quantitative estimate of drug-likeness (QED) is 0.819. The van der Waals surface area contributed by atoms with Gasteiger partial charge in [-0.05, 0) is 25.8 Å². The summed E-state index contributed by atoms with van der Waals surface area (Å²) in [5.41, 5.74) is 2.57. The highest BCUT2D eigenvalue weighted by atomic mass is 14.9. The Balaban J connectivity index is 2.64. The van der Waals surface area contributed by atoms with Crippen molar-refractivity contribution in [2.24, 2.45) is 0 Å². The van der Waals surface area contributed by atoms with E-state index >= 15 is 0 Å². The largest absolute Gasteiger partial charge is 0.306 e. The summed E-state index contributed by atoms with van der Waals surface area (Å²) in [5, 5.41) is 12.2. The van der Waals surface area contributed by atoms with E-state index in [1.807, 2.05) is 0 Å². The molecule has 0 aliphatic carbocycles. The van der Waals surface area contributed by atoms with Crippen LogP contribution < -0.4 is 5.32 Å². The SMILES string of the molecule is CCC(CC#N)N[C@H](C)c1cccc(C)c1. The molecule has 0 heterocycles. The predicted molar refractivity (Wildman–Crippen MR) is 67.0 cm³/mol. The molecule has 0 saturated carbocycles. The summed E-state index contributed by atoms with van der Waals surface area (Å²) in [4.78, 5) is 0. The van der Waals surface area contributed by atoms with Crippen LogP contribution in [0.4, 0.5) is 0 Å². The molecule has 1 aromatic carbocycles. The molecular formula is C14H20N2. The summed E-state index contributed by atoms with van der Waals surface area (Å²) in [6.07, 6.45) is 1.57. The zero-order chi connectivity index (χ0) is 12.0. The van der Waals surface area contributed by atoms with Crippen molar-refractivity contribution < 1.29 is 0 Å². The number of aryl methyl sites for hydroxylation is 1. The second-order valence-electron chi connectivity index (χ2n) is 4.27. The van der Waals surface area contributed by atoms with Crippen LogP contribution in [-0.2, 0) is 0 Å². The van der Waals surface area contributed by atoms with Crippen LogP contribution in [0.5, 0.6) is 0 Å². The van der Waals surface area contributed by atoms with Gasteiger partial charge in [-0.1, -0.05) is 36.8 Å². The van der Waals surface area contributed by atoms with Gasteiger partial charge in [0.2, 0.25) is 0 Å². The third-order valence-electron chi connectivity index (χ3n) is 2.86. The van der Waals surface area contributed by atoms with Crippen molar-refractivity contribution in [2.75, 3.05) is 0 Å². The van der Waals surface area contributed by atoms with Gasteiger partial charge in [0.05, 0.1) is 12.5 Å². The standard InChI is InChI=1S/C14H20N2/c1-4-14(8-9-15)16-12(3)13-7-5-6-11(2)10-13/h5-7,10,12,14,16H,4,8H2,1-3H3/t12-,14?/m1/s1. The first-order valence-corrected chi connectivity index (χ1v) is 5.87. The third-order valence-corrected chi connectivity index (χ3v) is 2.86. The van der Waals surface area contributed by atoms with Gasteiger partial charge in [-0.15, -0.1) is 0 Å². The first-order chi connectivity index (χ1) is 7.67. The summed E-state index contributed by atoms with van der Waals surface area (Å²) >= 11 is 0. The third kappa shape index (κ3) is 3.67. The highest BCUT2D eigenvalue weighted by molar-refractivity contribution is 5.24. The molecule has 0 fully saturated rings. The van der Waals surface area contributed by atoms with E-state index in [-0.39, 0.29) is 0 Å². The molecule has 2 atom stereocenters. The van der Waals surface area contributed by atoms with Crippen molar-refractivity contribution in [3.8, 4) is 6.07 Å². The molecule has 16 heavy (non-hydrogen) atoms. The number of rotatable bonds is 5. The summed E-state index contributed by atoms with van der Waals surface area (Å²) < 4.78 is 0. The Labute approximate surface area is 98.3 Å². The molecule has 0 radical (unpaired) electrons. The molecule has 0 bridgehead atoms. The van der Waals surface area contributed by atoms with Gasteiger partial charge in [-0.3, -0.25) is 0 Å². The Kier molecular flexibility index (Phi) is 5.01. The Morgan fingerprint density at radius 2 is 2.19 bits per heavy atom. The summed E-state index contributed by atoms with van der Waals surface area (Å²) in [6, 6.07) is 11.3. The first kappa shape index (κ1) is 12.7. The van der Waals surface area contributed by atoms with Gasteiger partial charge < -0.3 is 5.32 Å². The normalized spacial score (nSPS) is 14.1. The molecule has 0 aliphatic heterocycles. The monoisotopic (exact) mass is 216 g/mol. The molecule has 1 aromatic rings. The van der Waals surface area contributed by atoms with E-state index in [1.54, 1.807) is 0 Å².